The maximum atomic E-state index is 12.3. The summed E-state index contributed by atoms with van der Waals surface area (Å²) in [6, 6.07) is 9.24. The van der Waals surface area contributed by atoms with Crippen molar-refractivity contribution in [3.63, 3.8) is 0 Å². The molecule has 1 aliphatic heterocycles. The number of amides is 1. The minimum absolute atomic E-state index is 0.0553. The van der Waals surface area contributed by atoms with E-state index in [9.17, 15) is 4.79 Å². The van der Waals surface area contributed by atoms with Crippen molar-refractivity contribution in [3.05, 3.63) is 53.3 Å². The fourth-order valence-electron chi connectivity index (χ4n) is 2.43. The van der Waals surface area contributed by atoms with E-state index in [2.05, 4.69) is 10.3 Å². The maximum Gasteiger partial charge on any atom is 0.255 e. The molecular formula is C16H16ClN3O. The third kappa shape index (κ3) is 3.34. The van der Waals surface area contributed by atoms with Crippen LogP contribution in [0.15, 0.2) is 42.7 Å². The molecule has 1 aromatic heterocycles. The van der Waals surface area contributed by atoms with Crippen LogP contribution in [-0.4, -0.2) is 28.9 Å². The normalized spacial score (nSPS) is 14.2. The molecule has 2 aromatic rings. The van der Waals surface area contributed by atoms with Gasteiger partial charge >= 0.3 is 0 Å². The lowest BCUT2D eigenvalue weighted by molar-refractivity contribution is 0.0792. The molecule has 1 aliphatic rings. The van der Waals surface area contributed by atoms with Gasteiger partial charge in [0.15, 0.2) is 0 Å². The fourth-order valence-corrected chi connectivity index (χ4v) is 2.55. The Morgan fingerprint density at radius 3 is 2.52 bits per heavy atom. The Morgan fingerprint density at radius 1 is 1.10 bits per heavy atom. The van der Waals surface area contributed by atoms with Crippen molar-refractivity contribution >= 4 is 28.9 Å². The Hall–Kier alpha value is -2.07. The second-order valence-electron chi connectivity index (χ2n) is 5.09. The molecule has 5 heteroatoms. The zero-order valence-electron chi connectivity index (χ0n) is 11.6. The summed E-state index contributed by atoms with van der Waals surface area (Å²) in [4.78, 5) is 18.4. The SMILES string of the molecule is O=C(c1cncc(Nc2ccc(Cl)cc2)c1)N1CCCC1. The van der Waals surface area contributed by atoms with Gasteiger partial charge in [0, 0.05) is 30.0 Å². The molecule has 1 aromatic carbocycles. The molecule has 1 N–H and O–H groups in total. The van der Waals surface area contributed by atoms with Crippen LogP contribution < -0.4 is 5.32 Å². The number of benzene rings is 1. The van der Waals surface area contributed by atoms with Gasteiger partial charge in [-0.05, 0) is 43.2 Å². The van der Waals surface area contributed by atoms with Gasteiger partial charge in [-0.25, -0.2) is 0 Å². The van der Waals surface area contributed by atoms with Gasteiger partial charge in [-0.2, -0.15) is 0 Å². The van der Waals surface area contributed by atoms with Crippen LogP contribution in [0.4, 0.5) is 11.4 Å². The van der Waals surface area contributed by atoms with E-state index >= 15 is 0 Å². The van der Waals surface area contributed by atoms with Crippen molar-refractivity contribution in [2.75, 3.05) is 18.4 Å². The second kappa shape index (κ2) is 6.14. The van der Waals surface area contributed by atoms with Crippen LogP contribution in [0.1, 0.15) is 23.2 Å². The smallest absolute Gasteiger partial charge is 0.255 e. The average Bonchev–Trinajstić information content (AvgIpc) is 3.03. The molecule has 1 fully saturated rings. The molecule has 0 bridgehead atoms. The van der Waals surface area contributed by atoms with Gasteiger partial charge < -0.3 is 10.2 Å². The van der Waals surface area contributed by atoms with E-state index in [1.807, 2.05) is 35.2 Å². The number of anilines is 2. The van der Waals surface area contributed by atoms with Crippen molar-refractivity contribution in [1.82, 2.24) is 9.88 Å². The first-order chi connectivity index (χ1) is 10.2. The summed E-state index contributed by atoms with van der Waals surface area (Å²) in [6.45, 7) is 1.68. The van der Waals surface area contributed by atoms with Crippen molar-refractivity contribution in [2.45, 2.75) is 12.8 Å². The number of nitrogens with one attached hydrogen (secondary N) is 1. The number of pyridine rings is 1. The Morgan fingerprint density at radius 2 is 1.81 bits per heavy atom. The average molecular weight is 302 g/mol. The Kier molecular flexibility index (Phi) is 4.06. The van der Waals surface area contributed by atoms with Gasteiger partial charge in [0.05, 0.1) is 17.4 Å². The molecule has 21 heavy (non-hydrogen) atoms. The molecular weight excluding hydrogens is 286 g/mol. The molecule has 0 unspecified atom stereocenters. The summed E-state index contributed by atoms with van der Waals surface area (Å²) in [5.41, 5.74) is 2.32. The van der Waals surface area contributed by atoms with Gasteiger partial charge in [0.25, 0.3) is 5.91 Å². The van der Waals surface area contributed by atoms with Crippen molar-refractivity contribution < 1.29 is 4.79 Å². The summed E-state index contributed by atoms with van der Waals surface area (Å²) in [6.07, 6.45) is 5.49. The number of carbonyl (C=O) groups is 1. The minimum atomic E-state index is 0.0553. The highest BCUT2D eigenvalue weighted by molar-refractivity contribution is 6.30. The molecule has 0 radical (unpaired) electrons. The van der Waals surface area contributed by atoms with Gasteiger partial charge in [-0.1, -0.05) is 11.6 Å². The van der Waals surface area contributed by atoms with Crippen LogP contribution in [0, 0.1) is 0 Å². The third-order valence-electron chi connectivity index (χ3n) is 3.51. The van der Waals surface area contributed by atoms with E-state index < -0.39 is 0 Å². The van der Waals surface area contributed by atoms with Crippen LogP contribution in [0.25, 0.3) is 0 Å². The Balaban J connectivity index is 1.76. The summed E-state index contributed by atoms with van der Waals surface area (Å²) < 4.78 is 0. The molecule has 4 nitrogen and oxygen atoms in total. The van der Waals surface area contributed by atoms with Crippen LogP contribution in [0.5, 0.6) is 0 Å². The maximum absolute atomic E-state index is 12.3. The zero-order valence-corrected chi connectivity index (χ0v) is 12.3. The van der Waals surface area contributed by atoms with Crippen LogP contribution >= 0.6 is 11.6 Å². The molecule has 108 valence electrons. The molecule has 0 saturated carbocycles. The molecule has 2 heterocycles. The first-order valence-electron chi connectivity index (χ1n) is 6.99. The largest absolute Gasteiger partial charge is 0.354 e. The first-order valence-corrected chi connectivity index (χ1v) is 7.37. The van der Waals surface area contributed by atoms with Crippen molar-refractivity contribution in [3.8, 4) is 0 Å². The first kappa shape index (κ1) is 13.9. The number of likely N-dealkylation sites (tertiary alicyclic amines) is 1. The molecule has 0 aliphatic carbocycles. The summed E-state index contributed by atoms with van der Waals surface area (Å²) >= 11 is 5.86. The van der Waals surface area contributed by atoms with E-state index in [4.69, 9.17) is 11.6 Å². The second-order valence-corrected chi connectivity index (χ2v) is 5.53. The van der Waals surface area contributed by atoms with Gasteiger partial charge in [0.2, 0.25) is 0 Å². The van der Waals surface area contributed by atoms with E-state index in [0.717, 1.165) is 37.3 Å². The number of rotatable bonds is 3. The van der Waals surface area contributed by atoms with Gasteiger partial charge in [0.1, 0.15) is 0 Å². The number of hydrogen-bond donors (Lipinski definition) is 1. The monoisotopic (exact) mass is 301 g/mol. The van der Waals surface area contributed by atoms with Gasteiger partial charge in [-0.3, -0.25) is 9.78 Å². The lowest BCUT2D eigenvalue weighted by Crippen LogP contribution is -2.27. The lowest BCUT2D eigenvalue weighted by atomic mass is 10.2. The molecule has 1 saturated heterocycles. The Bertz CT molecular complexity index is 636. The van der Waals surface area contributed by atoms with E-state index in [1.165, 1.54) is 0 Å². The number of nitrogens with zero attached hydrogens (tertiary/aromatic N) is 2. The molecule has 3 rings (SSSR count). The molecule has 0 spiro atoms. The zero-order chi connectivity index (χ0) is 14.7. The highest BCUT2D eigenvalue weighted by Crippen LogP contribution is 2.20. The predicted octanol–water partition coefficient (Wildman–Crippen LogP) is 3.71. The van der Waals surface area contributed by atoms with E-state index in [1.54, 1.807) is 12.4 Å². The fraction of sp³-hybridized carbons (Fsp3) is 0.250. The van der Waals surface area contributed by atoms with Crippen molar-refractivity contribution in [2.24, 2.45) is 0 Å². The van der Waals surface area contributed by atoms with E-state index in [-0.39, 0.29) is 5.91 Å². The Labute approximate surface area is 128 Å². The van der Waals surface area contributed by atoms with Crippen LogP contribution in [0.3, 0.4) is 0 Å². The quantitative estimate of drug-likeness (QED) is 0.940. The summed E-state index contributed by atoms with van der Waals surface area (Å²) in [5.74, 6) is 0.0553. The highest BCUT2D eigenvalue weighted by Gasteiger charge is 2.19. The van der Waals surface area contributed by atoms with Crippen LogP contribution in [-0.2, 0) is 0 Å². The number of halogens is 1. The van der Waals surface area contributed by atoms with Gasteiger partial charge in [-0.15, -0.1) is 0 Å². The predicted molar refractivity (Wildman–Crippen MR) is 84.1 cm³/mol. The highest BCUT2D eigenvalue weighted by atomic mass is 35.5. The number of aromatic nitrogens is 1. The standard InChI is InChI=1S/C16H16ClN3O/c17-13-3-5-14(6-4-13)19-15-9-12(10-18-11-15)16(21)20-7-1-2-8-20/h3-6,9-11,19H,1-2,7-8H2. The van der Waals surface area contributed by atoms with E-state index in [0.29, 0.717) is 10.6 Å². The molecule has 1 amide bonds. The topological polar surface area (TPSA) is 45.2 Å². The van der Waals surface area contributed by atoms with Crippen molar-refractivity contribution in [1.29, 1.82) is 0 Å². The van der Waals surface area contributed by atoms with Crippen LogP contribution in [0.2, 0.25) is 5.02 Å². The molecule has 0 atom stereocenters. The third-order valence-corrected chi connectivity index (χ3v) is 3.76. The lowest BCUT2D eigenvalue weighted by Gasteiger charge is -2.15. The number of hydrogen-bond acceptors (Lipinski definition) is 3. The summed E-state index contributed by atoms with van der Waals surface area (Å²) in [5, 5.41) is 3.92. The minimum Gasteiger partial charge on any atom is -0.354 e. The number of carbonyl (C=O) groups excluding carboxylic acids is 1. The summed E-state index contributed by atoms with van der Waals surface area (Å²) in [7, 11) is 0.